The number of rotatable bonds is 2. The molecule has 1 aromatic carbocycles. The SMILES string of the molecule is N#Cc1ccnnc1Sc1nc2ccc(N)cc2s1. The van der Waals surface area contributed by atoms with Crippen LogP contribution in [0.4, 0.5) is 5.69 Å². The number of fused-ring (bicyclic) bond motifs is 1. The molecule has 3 rings (SSSR count). The molecule has 0 aliphatic rings. The zero-order valence-electron chi connectivity index (χ0n) is 9.57. The lowest BCUT2D eigenvalue weighted by atomic mass is 10.3. The van der Waals surface area contributed by atoms with E-state index in [1.807, 2.05) is 18.2 Å². The second kappa shape index (κ2) is 4.84. The van der Waals surface area contributed by atoms with Crippen molar-refractivity contribution in [2.45, 2.75) is 9.37 Å². The van der Waals surface area contributed by atoms with Crippen LogP contribution < -0.4 is 5.73 Å². The predicted molar refractivity (Wildman–Crippen MR) is 74.9 cm³/mol. The van der Waals surface area contributed by atoms with Gasteiger partial charge in [0.1, 0.15) is 11.1 Å². The summed E-state index contributed by atoms with van der Waals surface area (Å²) < 4.78 is 1.84. The third-order valence-electron chi connectivity index (χ3n) is 2.38. The molecule has 0 bridgehead atoms. The number of nitrogen functional groups attached to an aromatic ring is 1. The zero-order valence-corrected chi connectivity index (χ0v) is 11.2. The van der Waals surface area contributed by atoms with E-state index in [9.17, 15) is 0 Å². The summed E-state index contributed by atoms with van der Waals surface area (Å²) in [7, 11) is 0. The van der Waals surface area contributed by atoms with Gasteiger partial charge in [0, 0.05) is 5.69 Å². The van der Waals surface area contributed by atoms with Crippen LogP contribution in [0.25, 0.3) is 10.2 Å². The van der Waals surface area contributed by atoms with Gasteiger partial charge < -0.3 is 5.73 Å². The molecule has 2 heterocycles. The normalized spacial score (nSPS) is 10.5. The highest BCUT2D eigenvalue weighted by molar-refractivity contribution is 8.01. The quantitative estimate of drug-likeness (QED) is 0.728. The molecule has 0 radical (unpaired) electrons. The Kier molecular flexibility index (Phi) is 3.03. The van der Waals surface area contributed by atoms with Gasteiger partial charge in [-0.05, 0) is 36.0 Å². The molecular formula is C12H7N5S2. The van der Waals surface area contributed by atoms with Crippen LogP contribution in [0.3, 0.4) is 0 Å². The molecule has 92 valence electrons. The summed E-state index contributed by atoms with van der Waals surface area (Å²) in [5.41, 5.74) is 7.84. The molecule has 0 amide bonds. The molecule has 0 saturated heterocycles. The van der Waals surface area contributed by atoms with E-state index in [-0.39, 0.29) is 0 Å². The van der Waals surface area contributed by atoms with Crippen LogP contribution >= 0.6 is 23.1 Å². The van der Waals surface area contributed by atoms with Crippen molar-refractivity contribution in [1.29, 1.82) is 5.26 Å². The Morgan fingerprint density at radius 3 is 3.05 bits per heavy atom. The maximum atomic E-state index is 9.01. The van der Waals surface area contributed by atoms with Gasteiger partial charge in [-0.1, -0.05) is 0 Å². The van der Waals surface area contributed by atoms with Crippen molar-refractivity contribution in [3.05, 3.63) is 36.0 Å². The van der Waals surface area contributed by atoms with E-state index in [1.165, 1.54) is 29.3 Å². The van der Waals surface area contributed by atoms with Gasteiger partial charge in [-0.25, -0.2) is 4.98 Å². The molecular weight excluding hydrogens is 278 g/mol. The van der Waals surface area contributed by atoms with Gasteiger partial charge in [0.25, 0.3) is 0 Å². The summed E-state index contributed by atoms with van der Waals surface area (Å²) >= 11 is 2.86. The molecule has 0 aliphatic heterocycles. The van der Waals surface area contributed by atoms with Crippen molar-refractivity contribution in [2.24, 2.45) is 0 Å². The standard InChI is InChI=1S/C12H7N5S2/c13-6-7-3-4-15-17-11(7)19-12-16-9-2-1-8(14)5-10(9)18-12/h1-5H,14H2. The summed E-state index contributed by atoms with van der Waals surface area (Å²) in [5.74, 6) is 0. The fourth-order valence-corrected chi connectivity index (χ4v) is 3.56. The molecule has 0 spiro atoms. The van der Waals surface area contributed by atoms with Crippen LogP contribution in [0.2, 0.25) is 0 Å². The minimum absolute atomic E-state index is 0.499. The number of anilines is 1. The van der Waals surface area contributed by atoms with Crippen LogP contribution in [-0.4, -0.2) is 15.2 Å². The van der Waals surface area contributed by atoms with E-state index >= 15 is 0 Å². The molecule has 0 aliphatic carbocycles. The molecule has 0 unspecified atom stereocenters. The van der Waals surface area contributed by atoms with Crippen molar-refractivity contribution < 1.29 is 0 Å². The smallest absolute Gasteiger partial charge is 0.157 e. The average Bonchev–Trinajstić information content (AvgIpc) is 2.80. The molecule has 5 nitrogen and oxygen atoms in total. The zero-order chi connectivity index (χ0) is 13.2. The number of aromatic nitrogens is 3. The van der Waals surface area contributed by atoms with Crippen LogP contribution in [0.5, 0.6) is 0 Å². The predicted octanol–water partition coefficient (Wildman–Crippen LogP) is 2.69. The van der Waals surface area contributed by atoms with Gasteiger partial charge >= 0.3 is 0 Å². The molecule has 3 aromatic rings. The lowest BCUT2D eigenvalue weighted by Gasteiger charge is -1.96. The highest BCUT2D eigenvalue weighted by Gasteiger charge is 2.10. The Morgan fingerprint density at radius 2 is 2.21 bits per heavy atom. The average molecular weight is 285 g/mol. The Bertz CT molecular complexity index is 790. The minimum Gasteiger partial charge on any atom is -0.399 e. The number of thiazole rings is 1. The first kappa shape index (κ1) is 11.9. The van der Waals surface area contributed by atoms with Gasteiger partial charge in [-0.2, -0.15) is 10.4 Å². The van der Waals surface area contributed by atoms with Crippen LogP contribution in [0, 0.1) is 11.3 Å². The maximum absolute atomic E-state index is 9.01. The monoisotopic (exact) mass is 285 g/mol. The third kappa shape index (κ3) is 2.36. The van der Waals surface area contributed by atoms with E-state index in [0.29, 0.717) is 16.3 Å². The highest BCUT2D eigenvalue weighted by atomic mass is 32.2. The molecule has 19 heavy (non-hydrogen) atoms. The Morgan fingerprint density at radius 1 is 1.32 bits per heavy atom. The van der Waals surface area contributed by atoms with Gasteiger partial charge in [0.05, 0.1) is 22.0 Å². The van der Waals surface area contributed by atoms with Gasteiger partial charge in [0.15, 0.2) is 4.34 Å². The van der Waals surface area contributed by atoms with E-state index in [2.05, 4.69) is 21.3 Å². The summed E-state index contributed by atoms with van der Waals surface area (Å²) in [6.45, 7) is 0. The molecule has 0 atom stereocenters. The summed E-state index contributed by atoms with van der Waals surface area (Å²) in [6, 6.07) is 9.32. The number of nitriles is 1. The highest BCUT2D eigenvalue weighted by Crippen LogP contribution is 2.34. The van der Waals surface area contributed by atoms with E-state index in [1.54, 1.807) is 6.07 Å². The van der Waals surface area contributed by atoms with Crippen LogP contribution in [0.1, 0.15) is 5.56 Å². The molecule has 7 heteroatoms. The molecule has 2 N–H and O–H groups in total. The van der Waals surface area contributed by atoms with Crippen LogP contribution in [0.15, 0.2) is 39.8 Å². The van der Waals surface area contributed by atoms with Crippen LogP contribution in [-0.2, 0) is 0 Å². The fourth-order valence-electron chi connectivity index (χ4n) is 1.53. The Labute approximate surface area is 117 Å². The van der Waals surface area contributed by atoms with Gasteiger partial charge in [-0.15, -0.1) is 16.4 Å². The van der Waals surface area contributed by atoms with E-state index < -0.39 is 0 Å². The fraction of sp³-hybridized carbons (Fsp3) is 0. The molecule has 0 saturated carbocycles. The van der Waals surface area contributed by atoms with Gasteiger partial charge in [-0.3, -0.25) is 0 Å². The second-order valence-corrected chi connectivity index (χ2v) is 5.94. The van der Waals surface area contributed by atoms with Crippen molar-refractivity contribution >= 4 is 39.0 Å². The largest absolute Gasteiger partial charge is 0.399 e. The van der Waals surface area contributed by atoms with Crippen molar-refractivity contribution in [1.82, 2.24) is 15.2 Å². The lowest BCUT2D eigenvalue weighted by Crippen LogP contribution is -1.88. The first-order valence-corrected chi connectivity index (χ1v) is 6.95. The number of nitrogens with two attached hydrogens (primary N) is 1. The topological polar surface area (TPSA) is 88.5 Å². The third-order valence-corrected chi connectivity index (χ3v) is 4.46. The summed E-state index contributed by atoms with van der Waals surface area (Å²) in [4.78, 5) is 4.47. The molecule has 0 fully saturated rings. The summed E-state index contributed by atoms with van der Waals surface area (Å²) in [6.07, 6.45) is 1.50. The Hall–Kier alpha value is -2.17. The first-order valence-electron chi connectivity index (χ1n) is 5.32. The minimum atomic E-state index is 0.499. The van der Waals surface area contributed by atoms with Gasteiger partial charge in [0.2, 0.25) is 0 Å². The van der Waals surface area contributed by atoms with Crippen molar-refractivity contribution in [3.8, 4) is 6.07 Å². The number of hydrogen-bond donors (Lipinski definition) is 1. The Balaban J connectivity index is 1.99. The van der Waals surface area contributed by atoms with E-state index in [0.717, 1.165) is 14.6 Å². The first-order chi connectivity index (χ1) is 9.26. The summed E-state index contributed by atoms with van der Waals surface area (Å²) in [5, 5.41) is 17.3. The van der Waals surface area contributed by atoms with Crippen molar-refractivity contribution in [2.75, 3.05) is 5.73 Å². The second-order valence-electron chi connectivity index (χ2n) is 3.67. The number of nitrogens with zero attached hydrogens (tertiary/aromatic N) is 4. The van der Waals surface area contributed by atoms with Crippen molar-refractivity contribution in [3.63, 3.8) is 0 Å². The number of benzene rings is 1. The van der Waals surface area contributed by atoms with E-state index in [4.69, 9.17) is 11.0 Å². The maximum Gasteiger partial charge on any atom is 0.157 e. The lowest BCUT2D eigenvalue weighted by molar-refractivity contribution is 0.919. The number of hydrogen-bond acceptors (Lipinski definition) is 7. The molecule has 2 aromatic heterocycles.